The van der Waals surface area contributed by atoms with Crippen LogP contribution < -0.4 is 9.47 Å². The predicted molar refractivity (Wildman–Crippen MR) is 191 cm³/mol. The minimum absolute atomic E-state index is 0.559. The van der Waals surface area contributed by atoms with E-state index in [9.17, 15) is 0 Å². The van der Waals surface area contributed by atoms with E-state index in [0.29, 0.717) is 26.4 Å². The van der Waals surface area contributed by atoms with Gasteiger partial charge in [0.25, 0.3) is 0 Å². The van der Waals surface area contributed by atoms with E-state index in [1.165, 1.54) is 0 Å². The molecule has 1 fully saturated rings. The van der Waals surface area contributed by atoms with Crippen molar-refractivity contribution >= 4 is 21.5 Å². The maximum atomic E-state index is 6.21. The second kappa shape index (κ2) is 15.0. The lowest BCUT2D eigenvalue weighted by Gasteiger charge is -2.34. The summed E-state index contributed by atoms with van der Waals surface area (Å²) in [7, 11) is 3.32. The van der Waals surface area contributed by atoms with Gasteiger partial charge in [-0.05, 0) is 47.5 Å². The lowest BCUT2D eigenvalue weighted by atomic mass is 9.91. The van der Waals surface area contributed by atoms with E-state index in [1.807, 2.05) is 111 Å². The molecule has 6 aromatic carbocycles. The summed E-state index contributed by atoms with van der Waals surface area (Å²) in [6.07, 6.45) is 0. The fraction of sp³-hybridized carbons (Fsp3) is 0.238. The molecule has 246 valence electrons. The molecule has 6 heteroatoms. The SMILES string of the molecule is CCOc1ccc2ccccc2c1C(OC)(OC)c1ccccc1.CCOc1ccc2ccccc2c1C1(c2ccccc2)OCCO1. The summed E-state index contributed by atoms with van der Waals surface area (Å²) in [5.74, 6) is -0.384. The number of rotatable bonds is 10. The highest BCUT2D eigenvalue weighted by Gasteiger charge is 2.44. The standard InChI is InChI=1S/C21H20O3.C21H22O3/c1-2-22-19-13-12-16-8-6-7-11-18(16)20(19)21(23-14-15-24-21)17-9-4-3-5-10-17;1-4-24-19-15-14-16-10-8-9-13-18(16)20(19)21(22-2,23-3)17-11-6-5-7-12-17/h3-13H,2,14-15H2,1H3;5-15H,4H2,1-3H3. The first-order chi connectivity index (χ1) is 23.6. The van der Waals surface area contributed by atoms with Gasteiger partial charge in [0, 0.05) is 25.3 Å². The van der Waals surface area contributed by atoms with Crippen LogP contribution in [0.2, 0.25) is 0 Å². The minimum Gasteiger partial charge on any atom is -0.493 e. The van der Waals surface area contributed by atoms with Crippen molar-refractivity contribution in [1.29, 1.82) is 0 Å². The Kier molecular flexibility index (Phi) is 10.4. The van der Waals surface area contributed by atoms with Gasteiger partial charge in [-0.1, -0.05) is 121 Å². The summed E-state index contributed by atoms with van der Waals surface area (Å²) in [6, 6.07) is 44.7. The first-order valence-corrected chi connectivity index (χ1v) is 16.4. The zero-order valence-electron chi connectivity index (χ0n) is 28.0. The van der Waals surface area contributed by atoms with Crippen molar-refractivity contribution in [1.82, 2.24) is 0 Å². The van der Waals surface area contributed by atoms with Gasteiger partial charge in [-0.25, -0.2) is 0 Å². The van der Waals surface area contributed by atoms with Crippen LogP contribution in [0.4, 0.5) is 0 Å². The molecular formula is C42H42O6. The lowest BCUT2D eigenvalue weighted by molar-refractivity contribution is -0.183. The fourth-order valence-corrected chi connectivity index (χ4v) is 6.58. The molecule has 1 heterocycles. The summed E-state index contributed by atoms with van der Waals surface area (Å²) in [6.45, 7) is 6.25. The first-order valence-electron chi connectivity index (χ1n) is 16.4. The number of ether oxygens (including phenoxy) is 6. The molecule has 0 aliphatic carbocycles. The predicted octanol–water partition coefficient (Wildman–Crippen LogP) is 9.22. The second-order valence-electron chi connectivity index (χ2n) is 11.3. The van der Waals surface area contributed by atoms with Gasteiger partial charge >= 0.3 is 0 Å². The Labute approximate surface area is 282 Å². The normalized spacial score (nSPS) is 14.0. The van der Waals surface area contributed by atoms with E-state index in [2.05, 4.69) is 36.4 Å². The maximum absolute atomic E-state index is 6.21. The molecule has 0 spiro atoms. The van der Waals surface area contributed by atoms with Crippen molar-refractivity contribution in [3.63, 3.8) is 0 Å². The van der Waals surface area contributed by atoms with Crippen LogP contribution in [0.3, 0.4) is 0 Å². The highest BCUT2D eigenvalue weighted by atomic mass is 16.7. The first kappa shape index (κ1) is 33.2. The van der Waals surface area contributed by atoms with E-state index < -0.39 is 11.6 Å². The molecule has 1 saturated heterocycles. The van der Waals surface area contributed by atoms with Crippen molar-refractivity contribution in [3.8, 4) is 11.5 Å². The van der Waals surface area contributed by atoms with E-state index in [0.717, 1.165) is 55.3 Å². The molecule has 0 saturated carbocycles. The zero-order valence-corrected chi connectivity index (χ0v) is 28.0. The third kappa shape index (κ3) is 6.16. The molecule has 0 aromatic heterocycles. The van der Waals surface area contributed by atoms with Gasteiger partial charge < -0.3 is 28.4 Å². The quantitative estimate of drug-likeness (QED) is 0.139. The monoisotopic (exact) mass is 642 g/mol. The molecule has 6 aromatic rings. The van der Waals surface area contributed by atoms with Gasteiger partial charge in [0.15, 0.2) is 0 Å². The summed E-state index contributed by atoms with van der Waals surface area (Å²) in [5, 5.41) is 4.40. The van der Waals surface area contributed by atoms with Crippen LogP contribution in [0.25, 0.3) is 21.5 Å². The van der Waals surface area contributed by atoms with Gasteiger partial charge in [0.1, 0.15) is 11.5 Å². The van der Waals surface area contributed by atoms with Crippen molar-refractivity contribution in [2.24, 2.45) is 0 Å². The molecule has 7 rings (SSSR count). The molecular weight excluding hydrogens is 600 g/mol. The molecule has 0 N–H and O–H groups in total. The van der Waals surface area contributed by atoms with Gasteiger partial charge in [-0.2, -0.15) is 0 Å². The van der Waals surface area contributed by atoms with E-state index in [-0.39, 0.29) is 0 Å². The minimum atomic E-state index is -1.04. The van der Waals surface area contributed by atoms with E-state index >= 15 is 0 Å². The summed E-state index contributed by atoms with van der Waals surface area (Å²) < 4.78 is 36.2. The highest BCUT2D eigenvalue weighted by Crippen LogP contribution is 2.46. The molecule has 0 atom stereocenters. The van der Waals surface area contributed by atoms with Crippen LogP contribution in [0.5, 0.6) is 11.5 Å². The highest BCUT2D eigenvalue weighted by molar-refractivity contribution is 5.90. The number of hydrogen-bond donors (Lipinski definition) is 0. The van der Waals surface area contributed by atoms with Gasteiger partial charge in [0.2, 0.25) is 11.6 Å². The van der Waals surface area contributed by atoms with Gasteiger partial charge in [-0.3, -0.25) is 0 Å². The molecule has 1 aliphatic rings. The van der Waals surface area contributed by atoms with Crippen molar-refractivity contribution in [2.75, 3.05) is 40.6 Å². The van der Waals surface area contributed by atoms with Crippen molar-refractivity contribution < 1.29 is 28.4 Å². The Morgan fingerprint density at radius 3 is 1.67 bits per heavy atom. The van der Waals surface area contributed by atoms with E-state index in [4.69, 9.17) is 28.4 Å². The van der Waals surface area contributed by atoms with Gasteiger partial charge in [0.05, 0.1) is 37.6 Å². The van der Waals surface area contributed by atoms with E-state index in [1.54, 1.807) is 14.2 Å². The molecule has 1 aliphatic heterocycles. The van der Waals surface area contributed by atoms with Crippen LogP contribution in [0.1, 0.15) is 36.1 Å². The third-order valence-corrected chi connectivity index (χ3v) is 8.62. The smallest absolute Gasteiger partial charge is 0.226 e. The number of fused-ring (bicyclic) bond motifs is 2. The molecule has 0 bridgehead atoms. The largest absolute Gasteiger partial charge is 0.493 e. The topological polar surface area (TPSA) is 55.4 Å². The molecule has 0 radical (unpaired) electrons. The summed E-state index contributed by atoms with van der Waals surface area (Å²) in [4.78, 5) is 0. The Bertz CT molecular complexity index is 1800. The average Bonchev–Trinajstić information content (AvgIpc) is 3.65. The molecule has 6 nitrogen and oxygen atoms in total. The van der Waals surface area contributed by atoms with Crippen LogP contribution in [-0.2, 0) is 30.5 Å². The summed E-state index contributed by atoms with van der Waals surface area (Å²) in [5.41, 5.74) is 3.75. The molecule has 0 amide bonds. The maximum Gasteiger partial charge on any atom is 0.226 e. The summed E-state index contributed by atoms with van der Waals surface area (Å²) >= 11 is 0. The molecule has 0 unspecified atom stereocenters. The average molecular weight is 643 g/mol. The van der Waals surface area contributed by atoms with Crippen molar-refractivity contribution in [3.05, 3.63) is 156 Å². The number of hydrogen-bond acceptors (Lipinski definition) is 6. The van der Waals surface area contributed by atoms with Crippen molar-refractivity contribution in [2.45, 2.75) is 25.4 Å². The zero-order chi connectivity index (χ0) is 33.4. The number of benzene rings is 6. The lowest BCUT2D eigenvalue weighted by Crippen LogP contribution is -2.33. The Balaban J connectivity index is 0.000000167. The Hall–Kier alpha value is -4.72. The van der Waals surface area contributed by atoms with Crippen LogP contribution >= 0.6 is 0 Å². The Morgan fingerprint density at radius 1 is 0.562 bits per heavy atom. The van der Waals surface area contributed by atoms with Gasteiger partial charge in [-0.15, -0.1) is 0 Å². The Morgan fingerprint density at radius 2 is 1.06 bits per heavy atom. The molecule has 48 heavy (non-hydrogen) atoms. The van der Waals surface area contributed by atoms with Crippen LogP contribution in [-0.4, -0.2) is 40.6 Å². The fourth-order valence-electron chi connectivity index (χ4n) is 6.58. The second-order valence-corrected chi connectivity index (χ2v) is 11.3. The number of methoxy groups -OCH3 is 2. The third-order valence-electron chi connectivity index (χ3n) is 8.62. The van der Waals surface area contributed by atoms with Crippen LogP contribution in [0.15, 0.2) is 133 Å². The van der Waals surface area contributed by atoms with Crippen LogP contribution in [0, 0.1) is 0 Å².